The zero-order valence-corrected chi connectivity index (χ0v) is 23.0. The SMILES string of the molecule is CN1CCN(CCNC(=O)c2ccc3c(c2)[nH]c(=O)c2c(Cl)cc(Cl)n23)CC1.O=C(O)C(F)(F)F.O=C(O)C(F)(F)F. The van der Waals surface area contributed by atoms with Gasteiger partial charge in [0.15, 0.2) is 0 Å². The van der Waals surface area contributed by atoms with Crippen LogP contribution in [0.15, 0.2) is 29.1 Å². The van der Waals surface area contributed by atoms with E-state index in [1.165, 1.54) is 6.07 Å². The molecule has 0 radical (unpaired) electrons. The molecule has 2 aromatic heterocycles. The lowest BCUT2D eigenvalue weighted by atomic mass is 10.1. The molecule has 1 aliphatic rings. The highest BCUT2D eigenvalue weighted by Crippen LogP contribution is 2.27. The highest BCUT2D eigenvalue weighted by atomic mass is 35.5. The first-order chi connectivity index (χ1) is 19.3. The fourth-order valence-corrected chi connectivity index (χ4v) is 4.17. The number of likely N-dealkylation sites (N-methyl/N-ethyl adjacent to an activating group) is 1. The average molecular weight is 650 g/mol. The van der Waals surface area contributed by atoms with Gasteiger partial charge in [0.1, 0.15) is 10.7 Å². The van der Waals surface area contributed by atoms with Crippen molar-refractivity contribution >= 4 is 57.6 Å². The van der Waals surface area contributed by atoms with E-state index >= 15 is 0 Å². The summed E-state index contributed by atoms with van der Waals surface area (Å²) in [5.74, 6) is -5.69. The summed E-state index contributed by atoms with van der Waals surface area (Å²) >= 11 is 12.3. The maximum Gasteiger partial charge on any atom is 0.490 e. The second-order valence-electron chi connectivity index (χ2n) is 8.69. The van der Waals surface area contributed by atoms with Crippen molar-refractivity contribution in [3.8, 4) is 0 Å². The van der Waals surface area contributed by atoms with Gasteiger partial charge in [-0.1, -0.05) is 23.2 Å². The van der Waals surface area contributed by atoms with E-state index in [2.05, 4.69) is 27.1 Å². The van der Waals surface area contributed by atoms with Crippen LogP contribution in [0.5, 0.6) is 0 Å². The molecule has 19 heteroatoms. The minimum Gasteiger partial charge on any atom is -0.475 e. The molecule has 1 aromatic carbocycles. The van der Waals surface area contributed by atoms with Gasteiger partial charge < -0.3 is 25.4 Å². The smallest absolute Gasteiger partial charge is 0.475 e. The van der Waals surface area contributed by atoms with Crippen molar-refractivity contribution in [3.63, 3.8) is 0 Å². The number of aromatic amines is 1. The van der Waals surface area contributed by atoms with Crippen LogP contribution in [0.3, 0.4) is 0 Å². The van der Waals surface area contributed by atoms with Crippen molar-refractivity contribution in [1.82, 2.24) is 24.5 Å². The molecule has 1 amide bonds. The number of carbonyl (C=O) groups is 3. The van der Waals surface area contributed by atoms with Crippen LogP contribution in [-0.4, -0.2) is 106 Å². The maximum absolute atomic E-state index is 12.5. The quantitative estimate of drug-likeness (QED) is 0.315. The Balaban J connectivity index is 0.000000367. The molecule has 4 rings (SSSR count). The standard InChI is InChI=1S/C19H21Cl2N5O2.2C2HF3O2/c1-24-6-8-25(9-7-24)5-4-22-18(27)12-2-3-15-14(10-12)23-19(28)17-13(20)11-16(21)26(15)17;2*3-2(4,5)1(6)7/h2-3,10-11H,4-9H2,1H3,(H,22,27)(H,23,28);2*(H,6,7). The largest absolute Gasteiger partial charge is 0.490 e. The van der Waals surface area contributed by atoms with E-state index in [1.54, 1.807) is 22.6 Å². The molecule has 1 fully saturated rings. The predicted octanol–water partition coefficient (Wildman–Crippen LogP) is 3.33. The van der Waals surface area contributed by atoms with Gasteiger partial charge in [-0.3, -0.25) is 18.9 Å². The van der Waals surface area contributed by atoms with Crippen molar-refractivity contribution in [3.05, 3.63) is 50.4 Å². The Morgan fingerprint density at radius 1 is 0.952 bits per heavy atom. The number of piperazine rings is 1. The molecule has 1 saturated heterocycles. The number of carbonyl (C=O) groups excluding carboxylic acids is 1. The third-order valence-electron chi connectivity index (χ3n) is 5.67. The second kappa shape index (κ2) is 14.1. The van der Waals surface area contributed by atoms with Crippen molar-refractivity contribution in [2.24, 2.45) is 0 Å². The molecule has 11 nitrogen and oxygen atoms in total. The van der Waals surface area contributed by atoms with Gasteiger partial charge in [-0.25, -0.2) is 9.59 Å². The van der Waals surface area contributed by atoms with Crippen LogP contribution in [0.25, 0.3) is 16.6 Å². The van der Waals surface area contributed by atoms with Crippen LogP contribution in [0, 0.1) is 0 Å². The molecule has 0 bridgehead atoms. The Hall–Kier alpha value is -3.54. The molecule has 4 N–H and O–H groups in total. The first kappa shape index (κ1) is 34.7. The number of H-pyrrole nitrogens is 1. The van der Waals surface area contributed by atoms with Gasteiger partial charge in [0.2, 0.25) is 0 Å². The highest BCUT2D eigenvalue weighted by Gasteiger charge is 2.38. The topological polar surface area (TPSA) is 147 Å². The summed E-state index contributed by atoms with van der Waals surface area (Å²) in [5.41, 5.74) is 1.63. The zero-order valence-electron chi connectivity index (χ0n) is 21.4. The van der Waals surface area contributed by atoms with E-state index in [0.29, 0.717) is 38.8 Å². The first-order valence-corrected chi connectivity index (χ1v) is 12.4. The number of aromatic nitrogens is 2. The van der Waals surface area contributed by atoms with Gasteiger partial charge in [-0.15, -0.1) is 0 Å². The lowest BCUT2D eigenvalue weighted by Crippen LogP contribution is -2.46. The molecule has 3 heterocycles. The maximum atomic E-state index is 12.5. The molecule has 0 atom stereocenters. The fraction of sp³-hybridized carbons (Fsp3) is 0.391. The van der Waals surface area contributed by atoms with E-state index in [0.717, 1.165) is 32.7 Å². The number of nitrogens with one attached hydrogen (secondary N) is 2. The number of benzene rings is 1. The molecule has 232 valence electrons. The van der Waals surface area contributed by atoms with Crippen LogP contribution in [0.2, 0.25) is 10.2 Å². The van der Waals surface area contributed by atoms with Gasteiger partial charge >= 0.3 is 24.3 Å². The summed E-state index contributed by atoms with van der Waals surface area (Å²) < 4.78 is 65.1. The van der Waals surface area contributed by atoms with Crippen molar-refractivity contribution in [2.45, 2.75) is 12.4 Å². The van der Waals surface area contributed by atoms with Gasteiger partial charge in [0.05, 0.1) is 16.1 Å². The van der Waals surface area contributed by atoms with E-state index in [-0.39, 0.29) is 11.5 Å². The molecule has 0 aliphatic carbocycles. The Kier molecular flexibility index (Phi) is 11.6. The van der Waals surface area contributed by atoms with Crippen molar-refractivity contribution in [1.29, 1.82) is 0 Å². The molecule has 0 spiro atoms. The van der Waals surface area contributed by atoms with E-state index in [4.69, 9.17) is 43.0 Å². The predicted molar refractivity (Wildman–Crippen MR) is 139 cm³/mol. The van der Waals surface area contributed by atoms with Crippen LogP contribution in [-0.2, 0) is 9.59 Å². The van der Waals surface area contributed by atoms with Crippen LogP contribution < -0.4 is 10.9 Å². The Morgan fingerprint density at radius 2 is 1.48 bits per heavy atom. The molecule has 0 unspecified atom stereocenters. The normalized spacial score (nSPS) is 14.5. The van der Waals surface area contributed by atoms with E-state index < -0.39 is 24.3 Å². The number of fused-ring (bicyclic) bond motifs is 3. The number of hydrogen-bond donors (Lipinski definition) is 4. The molecular formula is C23H23Cl2F6N5O6. The average Bonchev–Trinajstić information content (AvgIpc) is 3.19. The Bertz CT molecular complexity index is 1480. The molecular weight excluding hydrogens is 627 g/mol. The summed E-state index contributed by atoms with van der Waals surface area (Å²) in [7, 11) is 2.12. The number of aliphatic carboxylic acids is 2. The van der Waals surface area contributed by atoms with Crippen LogP contribution in [0.1, 0.15) is 10.4 Å². The van der Waals surface area contributed by atoms with Crippen LogP contribution in [0.4, 0.5) is 26.3 Å². The lowest BCUT2D eigenvalue weighted by Gasteiger charge is -2.32. The van der Waals surface area contributed by atoms with E-state index in [9.17, 15) is 35.9 Å². The number of carboxylic acid groups (broad SMARTS) is 2. The molecule has 3 aromatic rings. The number of carboxylic acids is 2. The number of hydrogen-bond acceptors (Lipinski definition) is 6. The molecule has 42 heavy (non-hydrogen) atoms. The third kappa shape index (κ3) is 9.50. The fourth-order valence-electron chi connectivity index (χ4n) is 3.55. The zero-order chi connectivity index (χ0) is 32.0. The summed E-state index contributed by atoms with van der Waals surface area (Å²) in [6.07, 6.45) is -10.2. The number of nitrogens with zero attached hydrogens (tertiary/aromatic N) is 3. The first-order valence-electron chi connectivity index (χ1n) is 11.6. The highest BCUT2D eigenvalue weighted by molar-refractivity contribution is 6.37. The number of alkyl halides is 6. The summed E-state index contributed by atoms with van der Waals surface area (Å²) in [5, 5.41) is 17.8. The number of halogens is 8. The van der Waals surface area contributed by atoms with E-state index in [1.807, 2.05) is 0 Å². The van der Waals surface area contributed by atoms with Gasteiger partial charge in [-0.05, 0) is 31.3 Å². The molecule has 1 aliphatic heterocycles. The minimum absolute atomic E-state index is 0.173. The number of rotatable bonds is 4. The summed E-state index contributed by atoms with van der Waals surface area (Å²) in [6, 6.07) is 6.67. The van der Waals surface area contributed by atoms with Gasteiger partial charge in [0, 0.05) is 44.8 Å². The summed E-state index contributed by atoms with van der Waals surface area (Å²) in [6.45, 7) is 5.52. The number of amides is 1. The van der Waals surface area contributed by atoms with Gasteiger partial charge in [-0.2, -0.15) is 26.3 Å². The monoisotopic (exact) mass is 649 g/mol. The van der Waals surface area contributed by atoms with Crippen molar-refractivity contribution in [2.75, 3.05) is 46.3 Å². The van der Waals surface area contributed by atoms with Crippen LogP contribution >= 0.6 is 23.2 Å². The van der Waals surface area contributed by atoms with Gasteiger partial charge in [0.25, 0.3) is 11.5 Å². The third-order valence-corrected chi connectivity index (χ3v) is 6.23. The second-order valence-corrected chi connectivity index (χ2v) is 9.49. The Labute approximate surface area is 242 Å². The lowest BCUT2D eigenvalue weighted by molar-refractivity contribution is -0.193. The van der Waals surface area contributed by atoms with Crippen molar-refractivity contribution < 1.29 is 50.9 Å². The molecule has 0 saturated carbocycles. The minimum atomic E-state index is -5.08. The Morgan fingerprint density at radius 3 is 1.98 bits per heavy atom. The summed E-state index contributed by atoms with van der Waals surface area (Å²) in [4.78, 5) is 50.1.